The Bertz CT molecular complexity index is 1670. The van der Waals surface area contributed by atoms with Crippen molar-refractivity contribution in [2.45, 2.75) is 26.7 Å². The van der Waals surface area contributed by atoms with Crippen molar-refractivity contribution in [3.05, 3.63) is 51.1 Å². The lowest BCUT2D eigenvalue weighted by Crippen LogP contribution is -2.50. The molecule has 9 nitrogen and oxygen atoms in total. The van der Waals surface area contributed by atoms with Gasteiger partial charge in [0.2, 0.25) is 11.3 Å². The zero-order valence-electron chi connectivity index (χ0n) is 22.8. The number of hydrogen-bond acceptors (Lipinski definition) is 7. The predicted octanol–water partition coefficient (Wildman–Crippen LogP) is 3.85. The van der Waals surface area contributed by atoms with Crippen LogP contribution in [0.25, 0.3) is 26.1 Å². The third kappa shape index (κ3) is 4.93. The van der Waals surface area contributed by atoms with Gasteiger partial charge in [0.15, 0.2) is 5.65 Å². The van der Waals surface area contributed by atoms with E-state index in [0.717, 1.165) is 35.7 Å². The molecule has 40 heavy (non-hydrogen) atoms. The number of aromatic nitrogens is 2. The van der Waals surface area contributed by atoms with E-state index in [2.05, 4.69) is 15.1 Å². The average molecular weight is 581 g/mol. The Morgan fingerprint density at radius 3 is 2.52 bits per heavy atom. The monoisotopic (exact) mass is 580 g/mol. The number of pyridine rings is 2. The number of amides is 2. The second-order valence-corrected chi connectivity index (χ2v) is 12.3. The maximum atomic E-state index is 13.8. The number of nitrogens with zero attached hydrogens (tertiary/aromatic N) is 5. The summed E-state index contributed by atoms with van der Waals surface area (Å²) in [7, 11) is 0. The standard InChI is InChI=1S/C29H33ClN6O3S/c1-18(2)28(39)35-15-13-34(14-16-35)23-8-6-20-25(37)24(27(38)31-9-12-33-10-3-4-11-33)29-36(26(20)32-23)21-17-19(30)5-7-22(21)40-29/h5-8,17-18H,3-4,9-16H2,1-2H3,(H,31,38). The van der Waals surface area contributed by atoms with Gasteiger partial charge in [0, 0.05) is 50.2 Å². The molecule has 2 aliphatic heterocycles. The summed E-state index contributed by atoms with van der Waals surface area (Å²) in [4.78, 5) is 51.6. The number of anilines is 1. The van der Waals surface area contributed by atoms with Crippen molar-refractivity contribution >= 4 is 66.7 Å². The van der Waals surface area contributed by atoms with Gasteiger partial charge in [-0.3, -0.25) is 18.8 Å². The molecule has 2 saturated heterocycles. The van der Waals surface area contributed by atoms with Gasteiger partial charge in [0.25, 0.3) is 5.91 Å². The number of carbonyl (C=O) groups excluding carboxylic acids is 2. The number of fused-ring (bicyclic) bond motifs is 5. The molecule has 4 aromatic rings. The molecule has 0 radical (unpaired) electrons. The van der Waals surface area contributed by atoms with E-state index in [9.17, 15) is 14.4 Å². The molecule has 1 aromatic carbocycles. The number of halogens is 1. The van der Waals surface area contributed by atoms with E-state index in [1.54, 1.807) is 6.07 Å². The first-order valence-electron chi connectivity index (χ1n) is 13.9. The van der Waals surface area contributed by atoms with E-state index in [4.69, 9.17) is 16.6 Å². The highest BCUT2D eigenvalue weighted by Crippen LogP contribution is 2.33. The van der Waals surface area contributed by atoms with E-state index in [0.29, 0.717) is 53.6 Å². The molecule has 0 spiro atoms. The Morgan fingerprint density at radius 1 is 1.05 bits per heavy atom. The molecule has 2 fully saturated rings. The minimum atomic E-state index is -0.365. The zero-order chi connectivity index (χ0) is 28.0. The molecule has 2 aliphatic rings. The van der Waals surface area contributed by atoms with Gasteiger partial charge in [-0.25, -0.2) is 4.98 Å². The van der Waals surface area contributed by atoms with Crippen molar-refractivity contribution in [2.24, 2.45) is 5.92 Å². The normalized spacial score (nSPS) is 16.6. The van der Waals surface area contributed by atoms with Gasteiger partial charge in [-0.2, -0.15) is 0 Å². The van der Waals surface area contributed by atoms with Crippen molar-refractivity contribution in [1.82, 2.24) is 24.5 Å². The van der Waals surface area contributed by atoms with E-state index in [-0.39, 0.29) is 28.7 Å². The van der Waals surface area contributed by atoms with Crippen LogP contribution in [0.2, 0.25) is 5.02 Å². The van der Waals surface area contributed by atoms with Gasteiger partial charge in [0.1, 0.15) is 16.2 Å². The van der Waals surface area contributed by atoms with E-state index >= 15 is 0 Å². The summed E-state index contributed by atoms with van der Waals surface area (Å²) >= 11 is 7.79. The molecule has 0 aliphatic carbocycles. The van der Waals surface area contributed by atoms with Crippen molar-refractivity contribution < 1.29 is 9.59 Å². The summed E-state index contributed by atoms with van der Waals surface area (Å²) in [6, 6.07) is 9.19. The van der Waals surface area contributed by atoms with Crippen molar-refractivity contribution in [2.75, 3.05) is 57.3 Å². The highest BCUT2D eigenvalue weighted by molar-refractivity contribution is 7.24. The quantitative estimate of drug-likeness (QED) is 0.373. The molecule has 0 saturated carbocycles. The van der Waals surface area contributed by atoms with Crippen molar-refractivity contribution in [3.63, 3.8) is 0 Å². The molecule has 6 rings (SSSR count). The fourth-order valence-electron chi connectivity index (χ4n) is 5.72. The summed E-state index contributed by atoms with van der Waals surface area (Å²) in [6.07, 6.45) is 2.37. The molecule has 0 bridgehead atoms. The second kappa shape index (κ2) is 11.0. The minimum absolute atomic E-state index is 0.0317. The van der Waals surface area contributed by atoms with Crippen LogP contribution in [-0.4, -0.2) is 83.4 Å². The number of piperazine rings is 1. The van der Waals surface area contributed by atoms with Gasteiger partial charge < -0.3 is 20.0 Å². The minimum Gasteiger partial charge on any atom is -0.353 e. The molecule has 3 aromatic heterocycles. The van der Waals surface area contributed by atoms with Crippen LogP contribution < -0.4 is 15.6 Å². The Kier molecular flexibility index (Phi) is 7.41. The smallest absolute Gasteiger partial charge is 0.258 e. The Hall–Kier alpha value is -3.21. The summed E-state index contributed by atoms with van der Waals surface area (Å²) in [5.41, 5.74) is 1.13. The molecule has 0 unspecified atom stereocenters. The van der Waals surface area contributed by atoms with E-state index in [1.807, 2.05) is 47.4 Å². The number of rotatable bonds is 6. The van der Waals surface area contributed by atoms with Crippen LogP contribution in [0, 0.1) is 5.92 Å². The molecule has 5 heterocycles. The molecule has 210 valence electrons. The van der Waals surface area contributed by atoms with Crippen LogP contribution in [0.1, 0.15) is 37.0 Å². The topological polar surface area (TPSA) is 90.3 Å². The van der Waals surface area contributed by atoms with Crippen LogP contribution in [-0.2, 0) is 4.79 Å². The number of likely N-dealkylation sites (tertiary alicyclic amines) is 1. The fraction of sp³-hybridized carbons (Fsp3) is 0.448. The van der Waals surface area contributed by atoms with Crippen LogP contribution in [0.3, 0.4) is 0 Å². The van der Waals surface area contributed by atoms with Crippen molar-refractivity contribution in [1.29, 1.82) is 0 Å². The first-order chi connectivity index (χ1) is 19.3. The maximum Gasteiger partial charge on any atom is 0.258 e. The molecule has 2 amide bonds. The number of hydrogen-bond donors (Lipinski definition) is 1. The van der Waals surface area contributed by atoms with Gasteiger partial charge in [-0.1, -0.05) is 25.4 Å². The lowest BCUT2D eigenvalue weighted by Gasteiger charge is -2.36. The summed E-state index contributed by atoms with van der Waals surface area (Å²) in [5.74, 6) is 0.501. The molecular weight excluding hydrogens is 548 g/mol. The van der Waals surface area contributed by atoms with Gasteiger partial charge >= 0.3 is 0 Å². The van der Waals surface area contributed by atoms with Gasteiger partial charge in [0.05, 0.1) is 15.6 Å². The number of carbonyl (C=O) groups is 2. The summed E-state index contributed by atoms with van der Waals surface area (Å²) in [6.45, 7) is 9.75. The average Bonchev–Trinajstić information content (AvgIpc) is 3.60. The fourth-order valence-corrected chi connectivity index (χ4v) is 7.05. The third-order valence-corrected chi connectivity index (χ3v) is 9.26. The van der Waals surface area contributed by atoms with Crippen molar-refractivity contribution in [3.8, 4) is 0 Å². The lowest BCUT2D eigenvalue weighted by atomic mass is 10.1. The Morgan fingerprint density at radius 2 is 1.80 bits per heavy atom. The highest BCUT2D eigenvalue weighted by Gasteiger charge is 2.26. The predicted molar refractivity (Wildman–Crippen MR) is 161 cm³/mol. The van der Waals surface area contributed by atoms with Crippen LogP contribution in [0.4, 0.5) is 5.82 Å². The SMILES string of the molecule is CC(C)C(=O)N1CCN(c2ccc3c(=O)c(C(=O)NCCN4CCCC4)c4sc5ccc(Cl)cc5n4c3n2)CC1. The van der Waals surface area contributed by atoms with E-state index < -0.39 is 0 Å². The number of benzene rings is 1. The van der Waals surface area contributed by atoms with E-state index in [1.165, 1.54) is 24.2 Å². The van der Waals surface area contributed by atoms with Gasteiger partial charge in [-0.15, -0.1) is 11.3 Å². The van der Waals surface area contributed by atoms with Crippen LogP contribution >= 0.6 is 22.9 Å². The number of nitrogens with one attached hydrogen (secondary N) is 1. The number of thiazole rings is 1. The van der Waals surface area contributed by atoms with Crippen LogP contribution in [0.5, 0.6) is 0 Å². The first kappa shape index (κ1) is 27.0. The summed E-state index contributed by atoms with van der Waals surface area (Å²) < 4.78 is 2.82. The summed E-state index contributed by atoms with van der Waals surface area (Å²) in [5, 5.41) is 3.94. The maximum absolute atomic E-state index is 13.8. The molecule has 11 heteroatoms. The van der Waals surface area contributed by atoms with Gasteiger partial charge in [-0.05, 0) is 56.3 Å². The highest BCUT2D eigenvalue weighted by atomic mass is 35.5. The Balaban J connectivity index is 1.40. The lowest BCUT2D eigenvalue weighted by molar-refractivity contribution is -0.134. The Labute approximate surface area is 241 Å². The third-order valence-electron chi connectivity index (χ3n) is 7.88. The largest absolute Gasteiger partial charge is 0.353 e. The van der Waals surface area contributed by atoms with Crippen LogP contribution in [0.15, 0.2) is 35.1 Å². The molecule has 0 atom stereocenters. The zero-order valence-corrected chi connectivity index (χ0v) is 24.4. The molecule has 1 N–H and O–H groups in total. The molecular formula is C29H33ClN6O3S. The first-order valence-corrected chi connectivity index (χ1v) is 15.1. The second-order valence-electron chi connectivity index (χ2n) is 10.9.